The smallest absolute Gasteiger partial charge is 0.412 e. The first-order valence-corrected chi connectivity index (χ1v) is 12.5. The van der Waals surface area contributed by atoms with E-state index in [9.17, 15) is 28.7 Å². The van der Waals surface area contributed by atoms with E-state index in [1.54, 1.807) is 42.5 Å². The number of methoxy groups -OCH3 is 1. The summed E-state index contributed by atoms with van der Waals surface area (Å²) < 4.78 is 24.1. The van der Waals surface area contributed by atoms with Gasteiger partial charge in [-0.2, -0.15) is 0 Å². The maximum absolute atomic E-state index is 13.7. The number of hydrogen-bond acceptors (Lipinski definition) is 6. The lowest BCUT2D eigenvalue weighted by Crippen LogP contribution is -2.54. The minimum absolute atomic E-state index is 0.00155. The molecule has 3 aromatic rings. The summed E-state index contributed by atoms with van der Waals surface area (Å²) in [6.07, 6.45) is -2.76. The highest BCUT2D eigenvalue weighted by Gasteiger charge is 2.44. The second-order valence-corrected chi connectivity index (χ2v) is 9.05. The lowest BCUT2D eigenvalue weighted by Gasteiger charge is -2.30. The Morgan fingerprint density at radius 3 is 2.35 bits per heavy atom. The van der Waals surface area contributed by atoms with Crippen molar-refractivity contribution < 1.29 is 38.1 Å². The highest BCUT2D eigenvalue weighted by atomic mass is 19.1. The van der Waals surface area contributed by atoms with Crippen molar-refractivity contribution in [1.82, 2.24) is 15.1 Å². The average Bonchev–Trinajstić information content (AvgIpc) is 3.41. The zero-order valence-electron chi connectivity index (χ0n) is 21.7. The topological polar surface area (TPSA) is 125 Å². The minimum atomic E-state index is -1.43. The van der Waals surface area contributed by atoms with Crippen molar-refractivity contribution in [2.45, 2.75) is 25.2 Å². The summed E-state index contributed by atoms with van der Waals surface area (Å²) in [7, 11) is 1.46. The molecule has 1 aliphatic rings. The fourth-order valence-electron chi connectivity index (χ4n) is 4.41. The van der Waals surface area contributed by atoms with Gasteiger partial charge in [0.1, 0.15) is 18.2 Å². The Labute approximate surface area is 229 Å². The van der Waals surface area contributed by atoms with Crippen molar-refractivity contribution in [1.29, 1.82) is 0 Å². The van der Waals surface area contributed by atoms with Gasteiger partial charge in [-0.3, -0.25) is 19.3 Å². The summed E-state index contributed by atoms with van der Waals surface area (Å²) in [5.74, 6) is -2.62. The van der Waals surface area contributed by atoms with Crippen LogP contribution in [0.2, 0.25) is 0 Å². The monoisotopic (exact) mass is 549 g/mol. The molecule has 11 heteroatoms. The lowest BCUT2D eigenvalue weighted by molar-refractivity contribution is -0.138. The van der Waals surface area contributed by atoms with E-state index >= 15 is 0 Å². The molecule has 1 saturated heterocycles. The van der Waals surface area contributed by atoms with Crippen LogP contribution in [-0.4, -0.2) is 65.1 Å². The minimum Gasteiger partial charge on any atom is -0.497 e. The summed E-state index contributed by atoms with van der Waals surface area (Å²) in [4.78, 5) is 54.3. The fraction of sp³-hybridized carbons (Fsp3) is 0.241. The molecule has 1 fully saturated rings. The first-order valence-electron chi connectivity index (χ1n) is 12.5. The van der Waals surface area contributed by atoms with Gasteiger partial charge in [-0.05, 0) is 41.5 Å². The van der Waals surface area contributed by atoms with Gasteiger partial charge >= 0.3 is 12.1 Å². The predicted molar refractivity (Wildman–Crippen MR) is 141 cm³/mol. The molecule has 10 nitrogen and oxygen atoms in total. The van der Waals surface area contributed by atoms with Crippen LogP contribution >= 0.6 is 0 Å². The number of nitrogens with one attached hydrogen (secondary N) is 1. The molecule has 2 atom stereocenters. The van der Waals surface area contributed by atoms with Gasteiger partial charge in [-0.25, -0.2) is 9.18 Å². The highest BCUT2D eigenvalue weighted by Crippen LogP contribution is 2.24. The largest absolute Gasteiger partial charge is 0.497 e. The number of carbonyl (C=O) groups is 4. The summed E-state index contributed by atoms with van der Waals surface area (Å²) >= 11 is 0. The van der Waals surface area contributed by atoms with Gasteiger partial charge in [0.2, 0.25) is 0 Å². The number of carboxylic acid groups (broad SMARTS) is 1. The summed E-state index contributed by atoms with van der Waals surface area (Å²) in [6, 6.07) is 19.3. The number of aliphatic carboxylic acids is 1. The van der Waals surface area contributed by atoms with Crippen LogP contribution in [0.5, 0.6) is 5.75 Å². The Kier molecular flexibility index (Phi) is 8.95. The van der Waals surface area contributed by atoms with Gasteiger partial charge in [-0.1, -0.05) is 48.5 Å². The van der Waals surface area contributed by atoms with E-state index in [1.807, 2.05) is 6.07 Å². The Balaban J connectivity index is 1.61. The molecular formula is C29H28FN3O7. The molecule has 3 amide bonds. The Morgan fingerprint density at radius 2 is 1.68 bits per heavy atom. The molecule has 0 spiro atoms. The molecule has 0 bridgehead atoms. The van der Waals surface area contributed by atoms with Crippen molar-refractivity contribution in [3.63, 3.8) is 0 Å². The number of amides is 3. The Hall–Kier alpha value is -4.93. The molecule has 0 aliphatic carbocycles. The van der Waals surface area contributed by atoms with Gasteiger partial charge in [0, 0.05) is 18.7 Å². The first kappa shape index (κ1) is 28.1. The van der Waals surface area contributed by atoms with Crippen LogP contribution in [0.1, 0.15) is 33.9 Å². The molecule has 4 rings (SSSR count). The van der Waals surface area contributed by atoms with E-state index in [0.717, 1.165) is 22.6 Å². The summed E-state index contributed by atoms with van der Waals surface area (Å²) in [5.41, 5.74) is 1.31. The predicted octanol–water partition coefficient (Wildman–Crippen LogP) is 3.59. The number of carbonyl (C=O) groups excluding carboxylic acids is 3. The van der Waals surface area contributed by atoms with Crippen LogP contribution in [0.25, 0.3) is 0 Å². The van der Waals surface area contributed by atoms with Crippen LogP contribution < -0.4 is 10.1 Å². The van der Waals surface area contributed by atoms with Gasteiger partial charge in [-0.15, -0.1) is 0 Å². The third-order valence-electron chi connectivity index (χ3n) is 6.39. The second kappa shape index (κ2) is 12.7. The second-order valence-electron chi connectivity index (χ2n) is 9.05. The molecule has 2 unspecified atom stereocenters. The normalized spacial score (nSPS) is 15.3. The van der Waals surface area contributed by atoms with Crippen LogP contribution in [-0.2, 0) is 20.9 Å². The average molecular weight is 550 g/mol. The molecule has 0 radical (unpaired) electrons. The third-order valence-corrected chi connectivity index (χ3v) is 6.39. The zero-order valence-corrected chi connectivity index (χ0v) is 21.7. The number of nitrogens with zero attached hydrogens (tertiary/aromatic N) is 2. The van der Waals surface area contributed by atoms with Crippen molar-refractivity contribution >= 4 is 23.9 Å². The highest BCUT2D eigenvalue weighted by molar-refractivity contribution is 5.99. The van der Waals surface area contributed by atoms with Crippen molar-refractivity contribution in [3.05, 3.63) is 101 Å². The standard InChI is InChI=1S/C29H28FN3O7/c1-39-23-9-5-8-21(16-23)28(37)32-14-15-33(29(38)40-18-19-6-3-2-4-7-19)27(32)26(36)31-24(17-25(34)35)20-10-12-22(30)13-11-20/h2-13,16,24,27H,14-15,17-18H2,1H3,(H,31,36)(H,34,35). The third kappa shape index (κ3) is 6.73. The first-order chi connectivity index (χ1) is 19.3. The number of halogens is 1. The molecule has 1 aliphatic heterocycles. The maximum atomic E-state index is 13.7. The number of ether oxygens (including phenoxy) is 2. The SMILES string of the molecule is COc1cccc(C(=O)N2CCN(C(=O)OCc3ccccc3)C2C(=O)NC(CC(=O)O)c2ccc(F)cc2)c1. The molecule has 0 aromatic heterocycles. The molecular weight excluding hydrogens is 521 g/mol. The summed E-state index contributed by atoms with van der Waals surface area (Å²) in [6.45, 7) is -0.0260. The molecule has 3 aromatic carbocycles. The maximum Gasteiger partial charge on any atom is 0.412 e. The molecule has 1 heterocycles. The van der Waals surface area contributed by atoms with E-state index < -0.39 is 48.3 Å². The Morgan fingerprint density at radius 1 is 0.975 bits per heavy atom. The van der Waals surface area contributed by atoms with Gasteiger partial charge in [0.25, 0.3) is 11.8 Å². The summed E-state index contributed by atoms with van der Waals surface area (Å²) in [5, 5.41) is 12.1. The molecule has 2 N–H and O–H groups in total. The van der Waals surface area contributed by atoms with E-state index in [0.29, 0.717) is 11.3 Å². The molecule has 0 saturated carbocycles. The zero-order chi connectivity index (χ0) is 28.6. The number of hydrogen-bond donors (Lipinski definition) is 2. The van der Waals surface area contributed by atoms with E-state index in [4.69, 9.17) is 9.47 Å². The van der Waals surface area contributed by atoms with Gasteiger partial charge in [0.15, 0.2) is 6.17 Å². The fourth-order valence-corrected chi connectivity index (χ4v) is 4.41. The van der Waals surface area contributed by atoms with E-state index in [2.05, 4.69) is 5.32 Å². The van der Waals surface area contributed by atoms with Crippen molar-refractivity contribution in [2.75, 3.05) is 20.2 Å². The van der Waals surface area contributed by atoms with Gasteiger partial charge < -0.3 is 24.8 Å². The Bertz CT molecular complexity index is 1370. The van der Waals surface area contributed by atoms with Crippen LogP contribution in [0.15, 0.2) is 78.9 Å². The quantitative estimate of drug-likeness (QED) is 0.418. The molecule has 40 heavy (non-hydrogen) atoms. The van der Waals surface area contributed by atoms with Crippen LogP contribution in [0.4, 0.5) is 9.18 Å². The van der Waals surface area contributed by atoms with Crippen LogP contribution in [0.3, 0.4) is 0 Å². The van der Waals surface area contributed by atoms with E-state index in [-0.39, 0.29) is 25.3 Å². The van der Waals surface area contributed by atoms with E-state index in [1.165, 1.54) is 30.2 Å². The lowest BCUT2D eigenvalue weighted by atomic mass is 10.0. The van der Waals surface area contributed by atoms with Crippen LogP contribution in [0, 0.1) is 5.82 Å². The number of carboxylic acids is 1. The van der Waals surface area contributed by atoms with Gasteiger partial charge in [0.05, 0.1) is 19.6 Å². The number of rotatable bonds is 9. The van der Waals surface area contributed by atoms with Crippen molar-refractivity contribution in [2.24, 2.45) is 0 Å². The van der Waals surface area contributed by atoms with Crippen molar-refractivity contribution in [3.8, 4) is 5.75 Å². The molecule has 208 valence electrons. The number of benzene rings is 3.